The average Bonchev–Trinajstić information content (AvgIpc) is 2.30. The summed E-state index contributed by atoms with van der Waals surface area (Å²) < 4.78 is 0.868. The van der Waals surface area contributed by atoms with Gasteiger partial charge in [0, 0.05) is 10.2 Å². The number of nitrogens with two attached hydrogens (primary N) is 1. The van der Waals surface area contributed by atoms with Crippen LogP contribution in [-0.2, 0) is 0 Å². The molecular formula is C11H9BrN4O3. The number of benzene rings is 1. The zero-order valence-corrected chi connectivity index (χ0v) is 11.1. The molecule has 0 radical (unpaired) electrons. The summed E-state index contributed by atoms with van der Waals surface area (Å²) in [5, 5.41) is 2.77. The first kappa shape index (κ1) is 13.1. The molecule has 0 atom stereocenters. The van der Waals surface area contributed by atoms with Crippen LogP contribution in [0.15, 0.2) is 38.3 Å². The van der Waals surface area contributed by atoms with E-state index in [1.807, 2.05) is 4.98 Å². The monoisotopic (exact) mass is 324 g/mol. The van der Waals surface area contributed by atoms with Crippen molar-refractivity contribution >= 4 is 33.3 Å². The molecule has 0 aliphatic heterocycles. The van der Waals surface area contributed by atoms with Gasteiger partial charge in [-0.1, -0.05) is 15.9 Å². The average molecular weight is 325 g/mol. The molecule has 2 rings (SSSR count). The standard InChI is InChI=1S/C11H9BrN4O3/c12-5-1-3-6(4-2-5)14-9-7(8(13)17)10(18)16-11(19)15-9/h1-4H,(H2,13,17)(H3,14,15,16,18,19). The number of hydrogen-bond acceptors (Lipinski definition) is 4. The Bertz CT molecular complexity index is 733. The molecule has 1 aromatic carbocycles. The van der Waals surface area contributed by atoms with E-state index in [4.69, 9.17) is 5.73 Å². The van der Waals surface area contributed by atoms with E-state index in [-0.39, 0.29) is 11.4 Å². The van der Waals surface area contributed by atoms with Crippen LogP contribution in [0.25, 0.3) is 0 Å². The molecule has 8 heteroatoms. The third-order valence-corrected chi connectivity index (χ3v) is 2.83. The number of aromatic nitrogens is 2. The Morgan fingerprint density at radius 3 is 2.37 bits per heavy atom. The first-order chi connectivity index (χ1) is 8.97. The SMILES string of the molecule is NC(=O)c1c(Nc2ccc(Br)cc2)[nH]c(=O)[nH]c1=O. The van der Waals surface area contributed by atoms with Crippen LogP contribution in [0.2, 0.25) is 0 Å². The molecule has 0 unspecified atom stereocenters. The van der Waals surface area contributed by atoms with Crippen LogP contribution < -0.4 is 22.3 Å². The Balaban J connectivity index is 2.50. The largest absolute Gasteiger partial charge is 0.365 e. The number of primary amides is 1. The summed E-state index contributed by atoms with van der Waals surface area (Å²) in [7, 11) is 0. The van der Waals surface area contributed by atoms with E-state index in [0.29, 0.717) is 5.69 Å². The molecule has 98 valence electrons. The van der Waals surface area contributed by atoms with Gasteiger partial charge in [-0.05, 0) is 24.3 Å². The number of aromatic amines is 2. The predicted octanol–water partition coefficient (Wildman–Crippen LogP) is 0.668. The van der Waals surface area contributed by atoms with Gasteiger partial charge < -0.3 is 11.1 Å². The summed E-state index contributed by atoms with van der Waals surface area (Å²) in [4.78, 5) is 38.2. The minimum absolute atomic E-state index is 0.0384. The smallest absolute Gasteiger partial charge is 0.327 e. The van der Waals surface area contributed by atoms with Crippen molar-refractivity contribution in [3.05, 3.63) is 55.1 Å². The molecule has 0 aliphatic carbocycles. The quantitative estimate of drug-likeness (QED) is 0.662. The van der Waals surface area contributed by atoms with Crippen molar-refractivity contribution < 1.29 is 4.79 Å². The lowest BCUT2D eigenvalue weighted by molar-refractivity contribution is 0.0999. The number of rotatable bonds is 3. The Morgan fingerprint density at radius 1 is 1.16 bits per heavy atom. The Morgan fingerprint density at radius 2 is 1.79 bits per heavy atom. The van der Waals surface area contributed by atoms with E-state index < -0.39 is 17.2 Å². The van der Waals surface area contributed by atoms with Crippen LogP contribution >= 0.6 is 15.9 Å². The van der Waals surface area contributed by atoms with Gasteiger partial charge in [0.15, 0.2) is 0 Å². The number of carbonyl (C=O) groups is 1. The maximum absolute atomic E-state index is 11.5. The van der Waals surface area contributed by atoms with E-state index in [9.17, 15) is 14.4 Å². The first-order valence-corrected chi connectivity index (χ1v) is 5.95. The Hall–Kier alpha value is -2.35. The van der Waals surface area contributed by atoms with Gasteiger partial charge in [0.1, 0.15) is 11.4 Å². The molecule has 0 saturated carbocycles. The van der Waals surface area contributed by atoms with Gasteiger partial charge in [0.25, 0.3) is 11.5 Å². The fourth-order valence-corrected chi connectivity index (χ4v) is 1.76. The van der Waals surface area contributed by atoms with Gasteiger partial charge in [-0.2, -0.15) is 0 Å². The zero-order valence-electron chi connectivity index (χ0n) is 9.49. The van der Waals surface area contributed by atoms with Crippen molar-refractivity contribution in [2.24, 2.45) is 5.73 Å². The maximum Gasteiger partial charge on any atom is 0.327 e. The van der Waals surface area contributed by atoms with Crippen LogP contribution in [0.5, 0.6) is 0 Å². The lowest BCUT2D eigenvalue weighted by Gasteiger charge is -2.08. The van der Waals surface area contributed by atoms with E-state index in [1.54, 1.807) is 24.3 Å². The second-order valence-corrected chi connectivity index (χ2v) is 4.57. The third kappa shape index (κ3) is 2.91. The number of anilines is 2. The summed E-state index contributed by atoms with van der Waals surface area (Å²) in [6, 6.07) is 6.93. The normalized spacial score (nSPS) is 10.2. The lowest BCUT2D eigenvalue weighted by atomic mass is 10.2. The second-order valence-electron chi connectivity index (χ2n) is 3.65. The van der Waals surface area contributed by atoms with E-state index in [0.717, 1.165) is 4.47 Å². The highest BCUT2D eigenvalue weighted by molar-refractivity contribution is 9.10. The summed E-state index contributed by atoms with van der Waals surface area (Å²) in [6.45, 7) is 0. The van der Waals surface area contributed by atoms with Crippen molar-refractivity contribution in [3.8, 4) is 0 Å². The summed E-state index contributed by atoms with van der Waals surface area (Å²) >= 11 is 3.28. The molecule has 2 aromatic rings. The number of hydrogen-bond donors (Lipinski definition) is 4. The molecule has 0 bridgehead atoms. The lowest BCUT2D eigenvalue weighted by Crippen LogP contribution is -2.32. The van der Waals surface area contributed by atoms with E-state index >= 15 is 0 Å². The molecular weight excluding hydrogens is 316 g/mol. The molecule has 0 saturated heterocycles. The summed E-state index contributed by atoms with van der Waals surface area (Å²) in [5.41, 5.74) is 3.81. The highest BCUT2D eigenvalue weighted by Crippen LogP contribution is 2.18. The van der Waals surface area contributed by atoms with Gasteiger partial charge in [-0.15, -0.1) is 0 Å². The van der Waals surface area contributed by atoms with Crippen LogP contribution in [0.1, 0.15) is 10.4 Å². The van der Waals surface area contributed by atoms with Crippen molar-refractivity contribution in [3.63, 3.8) is 0 Å². The number of nitrogens with one attached hydrogen (secondary N) is 3. The highest BCUT2D eigenvalue weighted by Gasteiger charge is 2.14. The second kappa shape index (κ2) is 5.11. The number of halogens is 1. The highest BCUT2D eigenvalue weighted by atomic mass is 79.9. The first-order valence-electron chi connectivity index (χ1n) is 5.16. The maximum atomic E-state index is 11.5. The topological polar surface area (TPSA) is 121 Å². The summed E-state index contributed by atoms with van der Waals surface area (Å²) in [5.74, 6) is -0.972. The van der Waals surface area contributed by atoms with Gasteiger partial charge in [0.05, 0.1) is 0 Å². The van der Waals surface area contributed by atoms with Gasteiger partial charge >= 0.3 is 5.69 Å². The number of amides is 1. The minimum atomic E-state index is -0.933. The molecule has 0 aliphatic rings. The molecule has 19 heavy (non-hydrogen) atoms. The van der Waals surface area contributed by atoms with Crippen LogP contribution in [0.3, 0.4) is 0 Å². The van der Waals surface area contributed by atoms with Crippen molar-refractivity contribution in [2.75, 3.05) is 5.32 Å². The molecule has 0 fully saturated rings. The fourth-order valence-electron chi connectivity index (χ4n) is 1.49. The molecule has 7 nitrogen and oxygen atoms in total. The molecule has 5 N–H and O–H groups in total. The molecule has 1 aromatic heterocycles. The van der Waals surface area contributed by atoms with Gasteiger partial charge in [-0.25, -0.2) is 4.79 Å². The number of H-pyrrole nitrogens is 2. The fraction of sp³-hybridized carbons (Fsp3) is 0. The molecule has 0 spiro atoms. The van der Waals surface area contributed by atoms with Crippen molar-refractivity contribution in [2.45, 2.75) is 0 Å². The zero-order chi connectivity index (χ0) is 14.0. The Labute approximate surface area is 115 Å². The minimum Gasteiger partial charge on any atom is -0.365 e. The van der Waals surface area contributed by atoms with E-state index in [1.165, 1.54) is 0 Å². The molecule has 1 heterocycles. The molecule has 1 amide bonds. The predicted molar refractivity (Wildman–Crippen MR) is 73.6 cm³/mol. The van der Waals surface area contributed by atoms with Gasteiger partial charge in [0.2, 0.25) is 0 Å². The third-order valence-electron chi connectivity index (χ3n) is 2.30. The van der Waals surface area contributed by atoms with Crippen LogP contribution in [0, 0.1) is 0 Å². The Kier molecular flexibility index (Phi) is 3.52. The van der Waals surface area contributed by atoms with Crippen molar-refractivity contribution in [1.29, 1.82) is 0 Å². The van der Waals surface area contributed by atoms with Gasteiger partial charge in [-0.3, -0.25) is 19.6 Å². The van der Waals surface area contributed by atoms with Crippen molar-refractivity contribution in [1.82, 2.24) is 9.97 Å². The van der Waals surface area contributed by atoms with Crippen LogP contribution in [0.4, 0.5) is 11.5 Å². The summed E-state index contributed by atoms with van der Waals surface area (Å²) in [6.07, 6.45) is 0. The number of carbonyl (C=O) groups excluding carboxylic acids is 1. The van der Waals surface area contributed by atoms with E-state index in [2.05, 4.69) is 26.2 Å². The van der Waals surface area contributed by atoms with Crippen LogP contribution in [-0.4, -0.2) is 15.9 Å².